The molecule has 1 fully saturated rings. The molecule has 0 amide bonds. The van der Waals surface area contributed by atoms with E-state index in [1.54, 1.807) is 6.92 Å². The van der Waals surface area contributed by atoms with Crippen LogP contribution in [0.2, 0.25) is 0 Å². The maximum atomic E-state index is 10.8. The third kappa shape index (κ3) is 3.18. The molecule has 0 spiro atoms. The highest BCUT2D eigenvalue weighted by atomic mass is 16.6. The zero-order chi connectivity index (χ0) is 16.4. The molecule has 0 bridgehead atoms. The van der Waals surface area contributed by atoms with Crippen molar-refractivity contribution >= 4 is 11.4 Å². The van der Waals surface area contributed by atoms with Crippen LogP contribution in [0.25, 0.3) is 0 Å². The van der Waals surface area contributed by atoms with Gasteiger partial charge < -0.3 is 30.5 Å². The van der Waals surface area contributed by atoms with Crippen molar-refractivity contribution < 1.29 is 30.1 Å². The van der Waals surface area contributed by atoms with Gasteiger partial charge in [-0.05, 0) is 12.5 Å². The number of nitro groups is 1. The maximum Gasteiger partial charge on any atom is 0.271 e. The number of benzene rings is 1. The molecule has 0 aromatic heterocycles. The zero-order valence-electron chi connectivity index (χ0n) is 11.8. The number of hydrogen-bond donors (Lipinski definition) is 5. The minimum atomic E-state index is -1.51. The molecule has 0 saturated carbocycles. The van der Waals surface area contributed by atoms with E-state index in [0.717, 1.165) is 0 Å². The van der Waals surface area contributed by atoms with Crippen LogP contribution in [-0.4, -0.2) is 62.6 Å². The first-order chi connectivity index (χ1) is 10.3. The van der Waals surface area contributed by atoms with Gasteiger partial charge in [-0.2, -0.15) is 0 Å². The fraction of sp³-hybridized carbons (Fsp3) is 0.538. The molecule has 1 aromatic rings. The molecule has 5 atom stereocenters. The lowest BCUT2D eigenvalue weighted by Gasteiger charge is -2.40. The van der Waals surface area contributed by atoms with E-state index in [2.05, 4.69) is 5.32 Å². The molecule has 0 aliphatic carbocycles. The molecular formula is C13H18N2O7. The maximum absolute atomic E-state index is 10.8. The first kappa shape index (κ1) is 16.6. The van der Waals surface area contributed by atoms with Crippen LogP contribution in [0.4, 0.5) is 11.4 Å². The molecule has 9 nitrogen and oxygen atoms in total. The summed E-state index contributed by atoms with van der Waals surface area (Å²) in [6.45, 7) is 1.16. The van der Waals surface area contributed by atoms with E-state index in [0.29, 0.717) is 11.3 Å². The van der Waals surface area contributed by atoms with Crippen LogP contribution < -0.4 is 5.32 Å². The second-order valence-electron chi connectivity index (χ2n) is 5.15. The standard InChI is InChI=1S/C13H18N2O7/c1-6-2-3-7(15(20)21)4-8(6)14-13-12(19)11(18)10(17)9(5-16)22-13/h2-4,9-14,16-19H,5H2,1H3/t9-,10-,11-,12+,13-/m1/s1. The molecule has 0 radical (unpaired) electrons. The molecular weight excluding hydrogens is 296 g/mol. The Morgan fingerprint density at radius 2 is 1.95 bits per heavy atom. The lowest BCUT2D eigenvalue weighted by atomic mass is 9.98. The van der Waals surface area contributed by atoms with E-state index < -0.39 is 42.2 Å². The van der Waals surface area contributed by atoms with Gasteiger partial charge in [0.25, 0.3) is 5.69 Å². The molecule has 122 valence electrons. The Kier molecular flexibility index (Phi) is 4.94. The van der Waals surface area contributed by atoms with Gasteiger partial charge in [0.1, 0.15) is 24.4 Å². The highest BCUT2D eigenvalue weighted by Gasteiger charge is 2.43. The molecule has 1 saturated heterocycles. The highest BCUT2D eigenvalue weighted by molar-refractivity contribution is 5.57. The molecule has 22 heavy (non-hydrogen) atoms. The van der Waals surface area contributed by atoms with Crippen molar-refractivity contribution in [2.75, 3.05) is 11.9 Å². The second kappa shape index (κ2) is 6.55. The minimum Gasteiger partial charge on any atom is -0.394 e. The van der Waals surface area contributed by atoms with Crippen LogP contribution in [0.1, 0.15) is 5.56 Å². The van der Waals surface area contributed by atoms with Gasteiger partial charge in [0.15, 0.2) is 6.23 Å². The quantitative estimate of drug-likeness (QED) is 0.355. The lowest BCUT2D eigenvalue weighted by Crippen LogP contribution is -2.60. The first-order valence-electron chi connectivity index (χ1n) is 6.67. The largest absolute Gasteiger partial charge is 0.394 e. The van der Waals surface area contributed by atoms with Crippen LogP contribution in [-0.2, 0) is 4.74 Å². The number of nitrogens with one attached hydrogen (secondary N) is 1. The van der Waals surface area contributed by atoms with Crippen molar-refractivity contribution in [2.45, 2.75) is 37.6 Å². The predicted octanol–water partition coefficient (Wildman–Crippen LogP) is -0.885. The number of anilines is 1. The Morgan fingerprint density at radius 1 is 1.27 bits per heavy atom. The summed E-state index contributed by atoms with van der Waals surface area (Å²) in [5.74, 6) is 0. The van der Waals surface area contributed by atoms with Gasteiger partial charge in [-0.15, -0.1) is 0 Å². The van der Waals surface area contributed by atoms with Crippen LogP contribution in [0.5, 0.6) is 0 Å². The van der Waals surface area contributed by atoms with Crippen LogP contribution in [0.15, 0.2) is 18.2 Å². The SMILES string of the molecule is Cc1ccc([N+](=O)[O-])cc1N[C@@H]1O[C@H](CO)[C@@H](O)[C@@H](O)[C@@H]1O. The van der Waals surface area contributed by atoms with Crippen molar-refractivity contribution in [3.8, 4) is 0 Å². The number of nitro benzene ring substituents is 1. The van der Waals surface area contributed by atoms with Crippen molar-refractivity contribution in [1.29, 1.82) is 0 Å². The fourth-order valence-corrected chi connectivity index (χ4v) is 2.25. The summed E-state index contributed by atoms with van der Waals surface area (Å²) in [6.07, 6.45) is -6.60. The Labute approximate surface area is 125 Å². The van der Waals surface area contributed by atoms with Gasteiger partial charge in [-0.1, -0.05) is 6.07 Å². The number of rotatable bonds is 4. The van der Waals surface area contributed by atoms with Gasteiger partial charge in [-0.3, -0.25) is 10.1 Å². The van der Waals surface area contributed by atoms with Crippen molar-refractivity contribution in [3.05, 3.63) is 33.9 Å². The third-order valence-electron chi connectivity index (χ3n) is 3.62. The Morgan fingerprint density at radius 3 is 2.55 bits per heavy atom. The summed E-state index contributed by atoms with van der Waals surface area (Å²) in [5.41, 5.74) is 0.874. The highest BCUT2D eigenvalue weighted by Crippen LogP contribution is 2.27. The summed E-state index contributed by atoms with van der Waals surface area (Å²) in [5, 5.41) is 52.0. The minimum absolute atomic E-state index is 0.141. The molecule has 1 heterocycles. The van der Waals surface area contributed by atoms with Gasteiger partial charge in [0.2, 0.25) is 0 Å². The summed E-state index contributed by atoms with van der Waals surface area (Å²) >= 11 is 0. The normalized spacial score (nSPS) is 31.8. The number of aliphatic hydroxyl groups excluding tert-OH is 4. The van der Waals surface area contributed by atoms with E-state index in [4.69, 9.17) is 9.84 Å². The number of nitrogens with zero attached hydrogens (tertiary/aromatic N) is 1. The average Bonchev–Trinajstić information content (AvgIpc) is 2.49. The molecule has 5 N–H and O–H groups in total. The number of aliphatic hydroxyl groups is 4. The summed E-state index contributed by atoms with van der Waals surface area (Å²) in [6, 6.07) is 4.15. The van der Waals surface area contributed by atoms with Gasteiger partial charge in [0, 0.05) is 17.8 Å². The van der Waals surface area contributed by atoms with Gasteiger partial charge in [-0.25, -0.2) is 0 Å². The Hall–Kier alpha value is -1.78. The van der Waals surface area contributed by atoms with Gasteiger partial charge >= 0.3 is 0 Å². The molecule has 2 rings (SSSR count). The van der Waals surface area contributed by atoms with Crippen molar-refractivity contribution in [1.82, 2.24) is 0 Å². The monoisotopic (exact) mass is 314 g/mol. The van der Waals surface area contributed by atoms with Gasteiger partial charge in [0.05, 0.1) is 11.5 Å². The summed E-state index contributed by atoms with van der Waals surface area (Å²) in [7, 11) is 0. The predicted molar refractivity (Wildman–Crippen MR) is 75.2 cm³/mol. The lowest BCUT2D eigenvalue weighted by molar-refractivity contribution is -0.384. The third-order valence-corrected chi connectivity index (χ3v) is 3.62. The molecule has 1 aromatic carbocycles. The van der Waals surface area contributed by atoms with E-state index in [1.165, 1.54) is 18.2 Å². The van der Waals surface area contributed by atoms with E-state index in [-0.39, 0.29) is 5.69 Å². The number of ether oxygens (including phenoxy) is 1. The molecule has 0 unspecified atom stereocenters. The smallest absolute Gasteiger partial charge is 0.271 e. The Balaban J connectivity index is 2.22. The van der Waals surface area contributed by atoms with Crippen LogP contribution in [0.3, 0.4) is 0 Å². The van der Waals surface area contributed by atoms with Crippen molar-refractivity contribution in [3.63, 3.8) is 0 Å². The van der Waals surface area contributed by atoms with Crippen LogP contribution in [0, 0.1) is 17.0 Å². The van der Waals surface area contributed by atoms with E-state index >= 15 is 0 Å². The molecule has 1 aliphatic rings. The average molecular weight is 314 g/mol. The van der Waals surface area contributed by atoms with Crippen LogP contribution >= 0.6 is 0 Å². The van der Waals surface area contributed by atoms with E-state index in [1.807, 2.05) is 0 Å². The van der Waals surface area contributed by atoms with E-state index in [9.17, 15) is 25.4 Å². The van der Waals surface area contributed by atoms with Crippen molar-refractivity contribution in [2.24, 2.45) is 0 Å². The Bertz CT molecular complexity index is 551. The number of hydrogen-bond acceptors (Lipinski definition) is 8. The first-order valence-corrected chi connectivity index (χ1v) is 6.67. The number of non-ortho nitro benzene ring substituents is 1. The number of aryl methyl sites for hydroxylation is 1. The second-order valence-corrected chi connectivity index (χ2v) is 5.15. The molecule has 1 aliphatic heterocycles. The fourth-order valence-electron chi connectivity index (χ4n) is 2.25. The zero-order valence-corrected chi connectivity index (χ0v) is 11.8. The summed E-state index contributed by atoms with van der Waals surface area (Å²) in [4.78, 5) is 10.2. The summed E-state index contributed by atoms with van der Waals surface area (Å²) < 4.78 is 5.30. The topological polar surface area (TPSA) is 145 Å². The molecule has 9 heteroatoms.